The van der Waals surface area contributed by atoms with E-state index in [1.54, 1.807) is 6.20 Å². The zero-order valence-electron chi connectivity index (χ0n) is 20.6. The summed E-state index contributed by atoms with van der Waals surface area (Å²) >= 11 is 0. The number of rotatable bonds is 7. The van der Waals surface area contributed by atoms with Crippen LogP contribution >= 0.6 is 0 Å². The molecule has 1 aromatic carbocycles. The van der Waals surface area contributed by atoms with Crippen molar-refractivity contribution in [2.75, 3.05) is 18.0 Å². The summed E-state index contributed by atoms with van der Waals surface area (Å²) in [5, 5.41) is 8.01. The van der Waals surface area contributed by atoms with Gasteiger partial charge < -0.3 is 10.6 Å². The Kier molecular flexibility index (Phi) is 5.53. The van der Waals surface area contributed by atoms with Crippen LogP contribution in [-0.2, 0) is 5.54 Å². The van der Waals surface area contributed by atoms with E-state index >= 15 is 0 Å². The maximum atomic E-state index is 6.61. The third kappa shape index (κ3) is 3.65. The Morgan fingerprint density at radius 2 is 1.86 bits per heavy atom. The average Bonchev–Trinajstić information content (AvgIpc) is 3.57. The Hall–Kier alpha value is -4.04. The first-order chi connectivity index (χ1) is 17.6. The van der Waals surface area contributed by atoms with E-state index < -0.39 is 0 Å². The van der Waals surface area contributed by atoms with Gasteiger partial charge in [-0.25, -0.2) is 9.97 Å². The predicted molar refractivity (Wildman–Crippen MR) is 143 cm³/mol. The average molecular weight is 479 g/mol. The number of aromatic amines is 1. The highest BCUT2D eigenvalue weighted by atomic mass is 15.2. The lowest BCUT2D eigenvalue weighted by atomic mass is 9.73. The number of anilines is 1. The van der Waals surface area contributed by atoms with Crippen molar-refractivity contribution in [3.63, 3.8) is 0 Å². The maximum Gasteiger partial charge on any atom is 0.167 e. The van der Waals surface area contributed by atoms with Crippen LogP contribution in [0.1, 0.15) is 38.7 Å². The van der Waals surface area contributed by atoms with Crippen molar-refractivity contribution in [3.05, 3.63) is 72.7 Å². The van der Waals surface area contributed by atoms with Crippen molar-refractivity contribution < 1.29 is 0 Å². The van der Waals surface area contributed by atoms with Gasteiger partial charge in [0.2, 0.25) is 0 Å². The minimum atomic E-state index is -0.201. The standard InChI is InChI=1S/C28H30N8/c1-3-35(4-2)26-22-16-24(23-8-5-6-15-30-23)36(27(22)34-25(33-26)19-17-31-32-18-19)21-11-9-20(10-12-21)28(29)13-7-14-28/h5-6,8-12,15-18H,3-4,7,13-14,29H2,1-2H3,(H,31,32). The summed E-state index contributed by atoms with van der Waals surface area (Å²) in [7, 11) is 0. The van der Waals surface area contributed by atoms with Gasteiger partial charge in [0.15, 0.2) is 11.5 Å². The molecule has 3 N–H and O–H groups in total. The molecule has 182 valence electrons. The van der Waals surface area contributed by atoms with Crippen LogP contribution in [0.25, 0.3) is 39.5 Å². The van der Waals surface area contributed by atoms with Crippen molar-refractivity contribution in [1.82, 2.24) is 29.7 Å². The molecule has 8 nitrogen and oxygen atoms in total. The number of benzene rings is 1. The van der Waals surface area contributed by atoms with E-state index in [1.165, 1.54) is 12.0 Å². The second kappa shape index (κ2) is 8.87. The summed E-state index contributed by atoms with van der Waals surface area (Å²) in [6, 6.07) is 16.7. The van der Waals surface area contributed by atoms with Crippen LogP contribution in [0, 0.1) is 0 Å². The summed E-state index contributed by atoms with van der Waals surface area (Å²) in [5.74, 6) is 1.54. The Bertz CT molecular complexity index is 1480. The van der Waals surface area contributed by atoms with Gasteiger partial charge in [0.25, 0.3) is 0 Å². The molecule has 4 heterocycles. The fraction of sp³-hybridized carbons (Fsp3) is 0.286. The predicted octanol–water partition coefficient (Wildman–Crippen LogP) is 5.06. The lowest BCUT2D eigenvalue weighted by molar-refractivity contribution is 0.253. The largest absolute Gasteiger partial charge is 0.356 e. The van der Waals surface area contributed by atoms with Gasteiger partial charge in [0.1, 0.15) is 5.82 Å². The van der Waals surface area contributed by atoms with Crippen LogP contribution in [-0.4, -0.2) is 42.8 Å². The molecule has 0 saturated heterocycles. The summed E-state index contributed by atoms with van der Waals surface area (Å²) < 4.78 is 2.18. The first-order valence-electron chi connectivity index (χ1n) is 12.6. The van der Waals surface area contributed by atoms with Gasteiger partial charge >= 0.3 is 0 Å². The number of pyridine rings is 1. The van der Waals surface area contributed by atoms with E-state index in [0.29, 0.717) is 5.82 Å². The lowest BCUT2D eigenvalue weighted by Gasteiger charge is -2.38. The van der Waals surface area contributed by atoms with E-state index in [0.717, 1.165) is 65.4 Å². The molecular formula is C28H30N8. The van der Waals surface area contributed by atoms with Crippen LogP contribution in [0.3, 0.4) is 0 Å². The first kappa shape index (κ1) is 22.4. The van der Waals surface area contributed by atoms with Gasteiger partial charge in [0.05, 0.1) is 28.5 Å². The number of nitrogens with two attached hydrogens (primary N) is 1. The molecule has 0 aliphatic heterocycles. The molecule has 0 amide bonds. The topological polar surface area (TPSA) is 102 Å². The third-order valence-electron chi connectivity index (χ3n) is 7.33. The Morgan fingerprint density at radius 1 is 1.06 bits per heavy atom. The molecular weight excluding hydrogens is 448 g/mol. The Labute approximate surface area is 210 Å². The number of hydrogen-bond donors (Lipinski definition) is 2. The smallest absolute Gasteiger partial charge is 0.167 e. The number of H-pyrrole nitrogens is 1. The van der Waals surface area contributed by atoms with Crippen molar-refractivity contribution in [2.24, 2.45) is 5.73 Å². The fourth-order valence-corrected chi connectivity index (χ4v) is 5.08. The molecule has 1 aliphatic carbocycles. The SMILES string of the molecule is CCN(CC)c1nc(-c2cn[nH]c2)nc2c1cc(-c1ccccn1)n2-c1ccc(C2(N)CCC2)cc1. The molecule has 6 rings (SSSR count). The van der Waals surface area contributed by atoms with Gasteiger partial charge in [-0.3, -0.25) is 14.6 Å². The second-order valence-corrected chi connectivity index (χ2v) is 9.40. The van der Waals surface area contributed by atoms with Crippen LogP contribution in [0.2, 0.25) is 0 Å². The van der Waals surface area contributed by atoms with E-state index in [-0.39, 0.29) is 5.54 Å². The number of aromatic nitrogens is 6. The van der Waals surface area contributed by atoms with Gasteiger partial charge in [0, 0.05) is 36.7 Å². The molecule has 0 spiro atoms. The highest BCUT2D eigenvalue weighted by molar-refractivity contribution is 5.95. The Balaban J connectivity index is 1.63. The number of nitrogens with zero attached hydrogens (tertiary/aromatic N) is 6. The summed E-state index contributed by atoms with van der Waals surface area (Å²) in [6.45, 7) is 5.97. The summed E-state index contributed by atoms with van der Waals surface area (Å²) in [5.41, 5.74) is 12.1. The normalized spacial score (nSPS) is 14.6. The zero-order chi connectivity index (χ0) is 24.7. The van der Waals surface area contributed by atoms with Crippen LogP contribution in [0.15, 0.2) is 67.1 Å². The van der Waals surface area contributed by atoms with Crippen molar-refractivity contribution in [1.29, 1.82) is 0 Å². The maximum absolute atomic E-state index is 6.61. The highest BCUT2D eigenvalue weighted by Gasteiger charge is 2.34. The molecule has 0 bridgehead atoms. The highest BCUT2D eigenvalue weighted by Crippen LogP contribution is 2.40. The lowest BCUT2D eigenvalue weighted by Crippen LogP contribution is -2.43. The molecule has 4 aromatic heterocycles. The minimum Gasteiger partial charge on any atom is -0.356 e. The first-order valence-corrected chi connectivity index (χ1v) is 12.6. The molecule has 1 aliphatic rings. The fourth-order valence-electron chi connectivity index (χ4n) is 5.08. The Morgan fingerprint density at radius 3 is 2.47 bits per heavy atom. The molecule has 36 heavy (non-hydrogen) atoms. The van der Waals surface area contributed by atoms with Crippen LogP contribution in [0.4, 0.5) is 5.82 Å². The molecule has 0 unspecified atom stereocenters. The third-order valence-corrected chi connectivity index (χ3v) is 7.33. The molecule has 0 radical (unpaired) electrons. The quantitative estimate of drug-likeness (QED) is 0.339. The van der Waals surface area contributed by atoms with Gasteiger partial charge in [-0.1, -0.05) is 18.2 Å². The van der Waals surface area contributed by atoms with Gasteiger partial charge in [-0.15, -0.1) is 0 Å². The van der Waals surface area contributed by atoms with Crippen molar-refractivity contribution in [2.45, 2.75) is 38.6 Å². The molecule has 1 fully saturated rings. The molecule has 5 aromatic rings. The van der Waals surface area contributed by atoms with Crippen LogP contribution < -0.4 is 10.6 Å². The minimum absolute atomic E-state index is 0.201. The molecule has 8 heteroatoms. The van der Waals surface area contributed by atoms with E-state index in [4.69, 9.17) is 15.7 Å². The number of nitrogens with one attached hydrogen (secondary N) is 1. The summed E-state index contributed by atoms with van der Waals surface area (Å²) in [4.78, 5) is 17.0. The van der Waals surface area contributed by atoms with Crippen molar-refractivity contribution in [3.8, 4) is 28.5 Å². The summed E-state index contributed by atoms with van der Waals surface area (Å²) in [6.07, 6.45) is 8.66. The second-order valence-electron chi connectivity index (χ2n) is 9.40. The van der Waals surface area contributed by atoms with E-state index in [2.05, 4.69) is 68.8 Å². The molecule has 0 atom stereocenters. The monoisotopic (exact) mass is 478 g/mol. The molecule has 1 saturated carbocycles. The van der Waals surface area contributed by atoms with Gasteiger partial charge in [-0.2, -0.15) is 5.10 Å². The zero-order valence-corrected chi connectivity index (χ0v) is 20.6. The van der Waals surface area contributed by atoms with Crippen molar-refractivity contribution >= 4 is 16.9 Å². The number of fused-ring (bicyclic) bond motifs is 1. The van der Waals surface area contributed by atoms with E-state index in [9.17, 15) is 0 Å². The van der Waals surface area contributed by atoms with Gasteiger partial charge in [-0.05, 0) is 69.0 Å². The van der Waals surface area contributed by atoms with E-state index in [1.807, 2.05) is 30.6 Å². The number of hydrogen-bond acceptors (Lipinski definition) is 6. The van der Waals surface area contributed by atoms with Crippen LogP contribution in [0.5, 0.6) is 0 Å².